The molecule has 0 bridgehead atoms. The van der Waals surface area contributed by atoms with Crippen molar-refractivity contribution in [1.29, 1.82) is 0 Å². The number of fused-ring (bicyclic) bond motifs is 1. The van der Waals surface area contributed by atoms with E-state index in [9.17, 15) is 9.59 Å². The number of para-hydroxylation sites is 1. The molecule has 0 spiro atoms. The Morgan fingerprint density at radius 3 is 2.56 bits per heavy atom. The fraction of sp³-hybridized carbons (Fsp3) is 0.0400. The molecule has 0 saturated heterocycles. The molecule has 1 heterocycles. The van der Waals surface area contributed by atoms with Gasteiger partial charge in [0.05, 0.1) is 17.0 Å². The number of benzene rings is 3. The van der Waals surface area contributed by atoms with Crippen molar-refractivity contribution >= 4 is 50.5 Å². The van der Waals surface area contributed by atoms with Crippen molar-refractivity contribution in [3.63, 3.8) is 0 Å². The van der Waals surface area contributed by atoms with Gasteiger partial charge in [0.1, 0.15) is 11.3 Å². The van der Waals surface area contributed by atoms with E-state index in [1.807, 2.05) is 0 Å². The van der Waals surface area contributed by atoms with E-state index in [4.69, 9.17) is 25.5 Å². The van der Waals surface area contributed by atoms with Gasteiger partial charge in [-0.25, -0.2) is 4.79 Å². The summed E-state index contributed by atoms with van der Waals surface area (Å²) in [7, 11) is 1.55. The maximum absolute atomic E-state index is 13.2. The minimum atomic E-state index is -0.735. The lowest BCUT2D eigenvalue weighted by atomic mass is 10.1. The predicted octanol–water partition coefficient (Wildman–Crippen LogP) is 6.50. The van der Waals surface area contributed by atoms with Gasteiger partial charge in [0.2, 0.25) is 11.2 Å². The molecule has 1 aromatic heterocycles. The van der Waals surface area contributed by atoms with Crippen molar-refractivity contribution in [2.75, 3.05) is 7.11 Å². The first-order chi connectivity index (χ1) is 15.5. The average Bonchev–Trinajstić information content (AvgIpc) is 2.80. The first-order valence-electron chi connectivity index (χ1n) is 9.52. The van der Waals surface area contributed by atoms with Gasteiger partial charge < -0.3 is 13.9 Å². The number of hydrogen-bond donors (Lipinski definition) is 0. The molecule has 3 aromatic carbocycles. The normalized spacial score (nSPS) is 11.1. The zero-order valence-electron chi connectivity index (χ0n) is 16.8. The molecule has 7 heteroatoms. The van der Waals surface area contributed by atoms with E-state index in [2.05, 4.69) is 15.9 Å². The van der Waals surface area contributed by atoms with Crippen LogP contribution in [-0.2, 0) is 4.79 Å². The molecule has 0 aliphatic heterocycles. The number of halogens is 2. The second kappa shape index (κ2) is 9.42. The summed E-state index contributed by atoms with van der Waals surface area (Å²) in [5, 5.41) is 0.798. The highest BCUT2D eigenvalue weighted by Crippen LogP contribution is 2.35. The molecule has 160 valence electrons. The van der Waals surface area contributed by atoms with Gasteiger partial charge in [0, 0.05) is 16.7 Å². The Bertz CT molecular complexity index is 1410. The zero-order chi connectivity index (χ0) is 22.7. The molecule has 32 heavy (non-hydrogen) atoms. The van der Waals surface area contributed by atoms with Crippen LogP contribution in [0.1, 0.15) is 5.56 Å². The maximum atomic E-state index is 13.2. The monoisotopic (exact) mass is 510 g/mol. The van der Waals surface area contributed by atoms with Crippen LogP contribution in [0.25, 0.3) is 28.4 Å². The van der Waals surface area contributed by atoms with Crippen LogP contribution in [0.2, 0.25) is 5.02 Å². The Balaban J connectivity index is 1.79. The molecule has 4 aromatic rings. The highest BCUT2D eigenvalue weighted by molar-refractivity contribution is 9.10. The third kappa shape index (κ3) is 4.47. The SMILES string of the molecule is COc1ccc(-c2oc3ccccc3c(=O)c2OC(=O)C=Cc2ccccc2Cl)cc1Br. The van der Waals surface area contributed by atoms with Crippen molar-refractivity contribution < 1.29 is 18.7 Å². The minimum absolute atomic E-state index is 0.136. The highest BCUT2D eigenvalue weighted by atomic mass is 79.9. The first kappa shape index (κ1) is 21.9. The molecule has 0 saturated carbocycles. The van der Waals surface area contributed by atoms with Crippen LogP contribution < -0.4 is 14.9 Å². The Hall–Kier alpha value is -3.35. The molecule has 0 aliphatic carbocycles. The first-order valence-corrected chi connectivity index (χ1v) is 10.7. The molecular weight excluding hydrogens is 496 g/mol. The third-order valence-electron chi connectivity index (χ3n) is 4.68. The summed E-state index contributed by atoms with van der Waals surface area (Å²) in [6.07, 6.45) is 2.74. The molecule has 0 amide bonds. The van der Waals surface area contributed by atoms with E-state index in [0.717, 1.165) is 0 Å². The number of esters is 1. The number of carbonyl (C=O) groups is 1. The summed E-state index contributed by atoms with van der Waals surface area (Å²) in [4.78, 5) is 25.8. The standard InChI is InChI=1S/C25H16BrClO5/c1-30-21-12-10-16(14-18(21)26)24-25(23(29)17-7-3-5-9-20(17)31-24)32-22(28)13-11-15-6-2-4-8-19(15)27/h2-14H,1H3. The third-order valence-corrected chi connectivity index (χ3v) is 5.64. The Morgan fingerprint density at radius 2 is 1.81 bits per heavy atom. The lowest BCUT2D eigenvalue weighted by molar-refractivity contribution is -0.129. The number of hydrogen-bond acceptors (Lipinski definition) is 5. The minimum Gasteiger partial charge on any atom is -0.496 e. The molecular formula is C25H16BrClO5. The van der Waals surface area contributed by atoms with Crippen LogP contribution in [-0.4, -0.2) is 13.1 Å². The summed E-state index contributed by atoms with van der Waals surface area (Å²) < 4.78 is 17.4. The summed E-state index contributed by atoms with van der Waals surface area (Å²) in [6, 6.07) is 19.0. The second-order valence-electron chi connectivity index (χ2n) is 6.71. The van der Waals surface area contributed by atoms with Crippen LogP contribution >= 0.6 is 27.5 Å². The highest BCUT2D eigenvalue weighted by Gasteiger charge is 2.20. The molecule has 0 fully saturated rings. The molecule has 0 unspecified atom stereocenters. The van der Waals surface area contributed by atoms with Crippen LogP contribution in [0.4, 0.5) is 0 Å². The lowest BCUT2D eigenvalue weighted by Gasteiger charge is -2.11. The van der Waals surface area contributed by atoms with E-state index in [1.54, 1.807) is 73.8 Å². The Labute approximate surface area is 197 Å². The van der Waals surface area contributed by atoms with Gasteiger partial charge >= 0.3 is 5.97 Å². The predicted molar refractivity (Wildman–Crippen MR) is 128 cm³/mol. The smallest absolute Gasteiger partial charge is 0.336 e. The molecule has 5 nitrogen and oxygen atoms in total. The van der Waals surface area contributed by atoms with Crippen molar-refractivity contribution in [2.45, 2.75) is 0 Å². The fourth-order valence-corrected chi connectivity index (χ4v) is 3.86. The van der Waals surface area contributed by atoms with Gasteiger partial charge in [-0.15, -0.1) is 0 Å². The van der Waals surface area contributed by atoms with Gasteiger partial charge in [0.25, 0.3) is 0 Å². The number of ether oxygens (including phenoxy) is 2. The number of carbonyl (C=O) groups excluding carboxylic acids is 1. The largest absolute Gasteiger partial charge is 0.496 e. The van der Waals surface area contributed by atoms with E-state index in [-0.39, 0.29) is 11.5 Å². The summed E-state index contributed by atoms with van der Waals surface area (Å²) in [5.41, 5.74) is 1.12. The van der Waals surface area contributed by atoms with Gasteiger partial charge in [-0.1, -0.05) is 41.9 Å². The molecule has 4 rings (SSSR count). The number of rotatable bonds is 5. The van der Waals surface area contributed by atoms with Crippen LogP contribution in [0, 0.1) is 0 Å². The van der Waals surface area contributed by atoms with E-state index in [1.165, 1.54) is 12.2 Å². The van der Waals surface area contributed by atoms with Gasteiger partial charge in [-0.2, -0.15) is 0 Å². The summed E-state index contributed by atoms with van der Waals surface area (Å²) in [6.45, 7) is 0. The van der Waals surface area contributed by atoms with E-state index in [0.29, 0.717) is 37.3 Å². The topological polar surface area (TPSA) is 65.7 Å². The van der Waals surface area contributed by atoms with Gasteiger partial charge in [-0.3, -0.25) is 4.79 Å². The molecule has 0 aliphatic rings. The average molecular weight is 512 g/mol. The van der Waals surface area contributed by atoms with Crippen molar-refractivity contribution in [3.05, 3.63) is 98.1 Å². The molecule has 0 atom stereocenters. The Morgan fingerprint density at radius 1 is 1.06 bits per heavy atom. The second-order valence-corrected chi connectivity index (χ2v) is 7.97. The molecule has 0 N–H and O–H groups in total. The summed E-state index contributed by atoms with van der Waals surface area (Å²) in [5.74, 6) is -0.189. The lowest BCUT2D eigenvalue weighted by Crippen LogP contribution is -2.14. The van der Waals surface area contributed by atoms with Crippen LogP contribution in [0.3, 0.4) is 0 Å². The number of methoxy groups -OCH3 is 1. The summed E-state index contributed by atoms with van der Waals surface area (Å²) >= 11 is 9.55. The van der Waals surface area contributed by atoms with Crippen molar-refractivity contribution in [2.24, 2.45) is 0 Å². The fourth-order valence-electron chi connectivity index (χ4n) is 3.12. The van der Waals surface area contributed by atoms with E-state index >= 15 is 0 Å². The van der Waals surface area contributed by atoms with Gasteiger partial charge in [-0.05, 0) is 64.0 Å². The zero-order valence-corrected chi connectivity index (χ0v) is 19.1. The van der Waals surface area contributed by atoms with E-state index < -0.39 is 11.4 Å². The quantitative estimate of drug-likeness (QED) is 0.226. The van der Waals surface area contributed by atoms with Crippen molar-refractivity contribution in [1.82, 2.24) is 0 Å². The molecule has 0 radical (unpaired) electrons. The maximum Gasteiger partial charge on any atom is 0.336 e. The van der Waals surface area contributed by atoms with Crippen LogP contribution in [0.5, 0.6) is 11.5 Å². The van der Waals surface area contributed by atoms with Gasteiger partial charge in [0.15, 0.2) is 5.76 Å². The van der Waals surface area contributed by atoms with Crippen molar-refractivity contribution in [3.8, 4) is 22.8 Å². The Kier molecular flexibility index (Phi) is 6.44. The van der Waals surface area contributed by atoms with Crippen LogP contribution in [0.15, 0.2) is 86.5 Å².